The molecule has 2 aliphatic heterocycles. The molecule has 0 radical (unpaired) electrons. The van der Waals surface area contributed by atoms with Crippen molar-refractivity contribution in [3.63, 3.8) is 0 Å². The molecule has 1 atom stereocenters. The largest absolute Gasteiger partial charge is 0.473 e. The summed E-state index contributed by atoms with van der Waals surface area (Å²) in [4.78, 5) is 15.5. The molecule has 2 heterocycles. The molecule has 2 aliphatic rings. The van der Waals surface area contributed by atoms with E-state index in [0.29, 0.717) is 11.1 Å². The lowest BCUT2D eigenvalue weighted by atomic mass is 9.83. The van der Waals surface area contributed by atoms with E-state index in [9.17, 15) is 9.18 Å². The fraction of sp³-hybridized carbons (Fsp3) is 0.139. The van der Waals surface area contributed by atoms with Crippen LogP contribution in [0.5, 0.6) is 5.75 Å². The minimum atomic E-state index is -0.760. The number of halogens is 1. The summed E-state index contributed by atoms with van der Waals surface area (Å²) in [6.07, 6.45) is 6.78. The van der Waals surface area contributed by atoms with E-state index in [1.165, 1.54) is 42.8 Å². The zero-order valence-electron chi connectivity index (χ0n) is 22.0. The van der Waals surface area contributed by atoms with E-state index in [1.807, 2.05) is 48.5 Å². The third-order valence-corrected chi connectivity index (χ3v) is 8.12. The van der Waals surface area contributed by atoms with Crippen molar-refractivity contribution in [3.8, 4) is 5.75 Å². The summed E-state index contributed by atoms with van der Waals surface area (Å²) in [6, 6.07) is 34.5. The number of ketones is 1. The number of nitrogens with zero attached hydrogens (tertiary/aromatic N) is 1. The highest BCUT2D eigenvalue weighted by Gasteiger charge is 2.37. The number of fused-ring (bicyclic) bond motifs is 3. The van der Waals surface area contributed by atoms with Gasteiger partial charge in [-0.15, -0.1) is 0 Å². The van der Waals surface area contributed by atoms with Gasteiger partial charge in [-0.2, -0.15) is 0 Å². The van der Waals surface area contributed by atoms with Crippen molar-refractivity contribution in [2.45, 2.75) is 18.4 Å². The quantitative estimate of drug-likeness (QED) is 0.217. The van der Waals surface area contributed by atoms with Crippen molar-refractivity contribution < 1.29 is 13.9 Å². The topological polar surface area (TPSA) is 29.5 Å². The maximum atomic E-state index is 13.3. The van der Waals surface area contributed by atoms with Crippen LogP contribution < -0.4 is 9.64 Å². The fourth-order valence-corrected chi connectivity index (χ4v) is 5.97. The molecule has 7 rings (SSSR count). The monoisotopic (exact) mass is 525 g/mol. The highest BCUT2D eigenvalue weighted by atomic mass is 19.1. The molecular formula is C36H28FNO2. The molecule has 0 N–H and O–H groups in total. The van der Waals surface area contributed by atoms with Gasteiger partial charge in [0.2, 0.25) is 0 Å². The molecule has 0 amide bonds. The third-order valence-electron chi connectivity index (χ3n) is 8.12. The van der Waals surface area contributed by atoms with E-state index in [2.05, 4.69) is 53.5 Å². The average Bonchev–Trinajstić information content (AvgIpc) is 3.56. The van der Waals surface area contributed by atoms with Gasteiger partial charge in [0.25, 0.3) is 0 Å². The molecule has 0 saturated carbocycles. The second-order valence-corrected chi connectivity index (χ2v) is 10.5. The van der Waals surface area contributed by atoms with Crippen LogP contribution in [0, 0.1) is 5.82 Å². The molecule has 0 aromatic heterocycles. The molecule has 40 heavy (non-hydrogen) atoms. The van der Waals surface area contributed by atoms with Gasteiger partial charge >= 0.3 is 0 Å². The van der Waals surface area contributed by atoms with Crippen LogP contribution in [-0.4, -0.2) is 18.9 Å². The van der Waals surface area contributed by atoms with E-state index in [-0.39, 0.29) is 11.6 Å². The lowest BCUT2D eigenvalue weighted by molar-refractivity contribution is 0.103. The summed E-state index contributed by atoms with van der Waals surface area (Å²) in [6.45, 7) is 2.22. The Morgan fingerprint density at radius 1 is 0.750 bits per heavy atom. The second kappa shape index (κ2) is 9.80. The van der Waals surface area contributed by atoms with E-state index < -0.39 is 5.60 Å². The predicted octanol–water partition coefficient (Wildman–Crippen LogP) is 8.16. The van der Waals surface area contributed by atoms with Crippen LogP contribution in [0.4, 0.5) is 10.1 Å². The minimum Gasteiger partial charge on any atom is -0.473 e. The van der Waals surface area contributed by atoms with Crippen molar-refractivity contribution in [3.05, 3.63) is 149 Å². The molecule has 0 aliphatic carbocycles. The van der Waals surface area contributed by atoms with Gasteiger partial charge in [0.15, 0.2) is 11.4 Å². The summed E-state index contributed by atoms with van der Waals surface area (Å²) in [5.74, 6) is 0.301. The summed E-state index contributed by atoms with van der Waals surface area (Å²) in [5.41, 5.74) is 4.64. The number of ether oxygens (including phenoxy) is 1. The predicted molar refractivity (Wildman–Crippen MR) is 159 cm³/mol. The highest BCUT2D eigenvalue weighted by molar-refractivity contribution is 6.11. The van der Waals surface area contributed by atoms with Gasteiger partial charge in [-0.3, -0.25) is 4.79 Å². The van der Waals surface area contributed by atoms with E-state index in [0.717, 1.165) is 46.3 Å². The third kappa shape index (κ3) is 4.17. The van der Waals surface area contributed by atoms with Crippen LogP contribution in [0.1, 0.15) is 45.5 Å². The summed E-state index contributed by atoms with van der Waals surface area (Å²) in [5, 5.41) is 1.96. The Labute approximate surface area is 233 Å². The zero-order chi connectivity index (χ0) is 27.1. The molecular weight excluding hydrogens is 497 g/mol. The zero-order valence-corrected chi connectivity index (χ0v) is 22.0. The van der Waals surface area contributed by atoms with Gasteiger partial charge in [0, 0.05) is 46.6 Å². The SMILES string of the molecule is O=C(c1ccc(F)cc1)c1ccc2c3c(ccc2c1)OC(c1ccccc1)(c1ccc(N2CCCC2)cc1)C=C3. The molecule has 3 nitrogen and oxygen atoms in total. The van der Waals surface area contributed by atoms with Gasteiger partial charge in [0.05, 0.1) is 0 Å². The standard InChI is InChI=1S/C36H28FNO2/c37-30-14-8-25(9-15-30)35(39)27-10-18-32-26(24-27)11-19-34-33(32)20-21-36(40-34,28-6-2-1-3-7-28)29-12-16-31(17-13-29)38-22-4-5-23-38/h1-3,6-21,24H,4-5,22-23H2. The Hall–Kier alpha value is -4.70. The summed E-state index contributed by atoms with van der Waals surface area (Å²) >= 11 is 0. The lowest BCUT2D eigenvalue weighted by Gasteiger charge is -2.36. The van der Waals surface area contributed by atoms with Crippen molar-refractivity contribution in [2.24, 2.45) is 0 Å². The number of rotatable bonds is 5. The molecule has 1 fully saturated rings. The first-order valence-electron chi connectivity index (χ1n) is 13.8. The first-order valence-corrected chi connectivity index (χ1v) is 13.8. The Morgan fingerprint density at radius 3 is 2.20 bits per heavy atom. The molecule has 0 spiro atoms. The van der Waals surface area contributed by atoms with Crippen LogP contribution >= 0.6 is 0 Å². The minimum absolute atomic E-state index is 0.133. The van der Waals surface area contributed by atoms with Gasteiger partial charge in [-0.25, -0.2) is 4.39 Å². The molecule has 5 aromatic carbocycles. The Balaban J connectivity index is 1.27. The van der Waals surface area contributed by atoms with Crippen molar-refractivity contribution in [1.29, 1.82) is 0 Å². The number of carbonyl (C=O) groups is 1. The van der Waals surface area contributed by atoms with E-state index in [4.69, 9.17) is 4.74 Å². The van der Waals surface area contributed by atoms with Crippen LogP contribution in [-0.2, 0) is 5.60 Å². The molecule has 1 saturated heterocycles. The van der Waals surface area contributed by atoms with Crippen LogP contribution in [0.15, 0.2) is 115 Å². The highest BCUT2D eigenvalue weighted by Crippen LogP contribution is 2.44. The summed E-state index contributed by atoms with van der Waals surface area (Å²) < 4.78 is 20.3. The first kappa shape index (κ1) is 24.3. The average molecular weight is 526 g/mol. The van der Waals surface area contributed by atoms with Gasteiger partial charge in [0.1, 0.15) is 11.6 Å². The fourth-order valence-electron chi connectivity index (χ4n) is 5.97. The molecule has 1 unspecified atom stereocenters. The Kier molecular flexibility index (Phi) is 5.96. The number of benzene rings is 5. The smallest absolute Gasteiger partial charge is 0.193 e. The number of hydrogen-bond acceptors (Lipinski definition) is 3. The maximum Gasteiger partial charge on any atom is 0.193 e. The summed E-state index contributed by atoms with van der Waals surface area (Å²) in [7, 11) is 0. The Morgan fingerprint density at radius 2 is 1.45 bits per heavy atom. The molecule has 0 bridgehead atoms. The first-order chi connectivity index (χ1) is 19.6. The normalized spacial score (nSPS) is 18.0. The number of carbonyl (C=O) groups excluding carboxylic acids is 1. The van der Waals surface area contributed by atoms with Crippen molar-refractivity contribution in [1.82, 2.24) is 0 Å². The van der Waals surface area contributed by atoms with Crippen LogP contribution in [0.3, 0.4) is 0 Å². The Bertz CT molecular complexity index is 1740. The van der Waals surface area contributed by atoms with Crippen LogP contribution in [0.2, 0.25) is 0 Å². The lowest BCUT2D eigenvalue weighted by Crippen LogP contribution is -2.34. The van der Waals surface area contributed by atoms with Gasteiger partial charge < -0.3 is 9.64 Å². The van der Waals surface area contributed by atoms with Crippen molar-refractivity contribution >= 4 is 28.3 Å². The maximum absolute atomic E-state index is 13.3. The van der Waals surface area contributed by atoms with Crippen LogP contribution in [0.25, 0.3) is 16.8 Å². The molecule has 5 aromatic rings. The molecule has 4 heteroatoms. The van der Waals surface area contributed by atoms with Gasteiger partial charge in [-0.05, 0) is 84.3 Å². The number of hydrogen-bond donors (Lipinski definition) is 0. The molecule has 196 valence electrons. The van der Waals surface area contributed by atoms with E-state index in [1.54, 1.807) is 0 Å². The number of anilines is 1. The van der Waals surface area contributed by atoms with Crippen molar-refractivity contribution in [2.75, 3.05) is 18.0 Å². The van der Waals surface area contributed by atoms with Gasteiger partial charge in [-0.1, -0.05) is 60.7 Å². The van der Waals surface area contributed by atoms with E-state index >= 15 is 0 Å². The second-order valence-electron chi connectivity index (χ2n) is 10.5.